The van der Waals surface area contributed by atoms with E-state index < -0.39 is 6.04 Å². The molecule has 2 aromatic rings. The molecule has 1 atom stereocenters. The van der Waals surface area contributed by atoms with Crippen molar-refractivity contribution >= 4 is 16.8 Å². The molecule has 0 aliphatic carbocycles. The van der Waals surface area contributed by atoms with Crippen LogP contribution in [0.25, 0.3) is 10.9 Å². The summed E-state index contributed by atoms with van der Waals surface area (Å²) in [7, 11) is 1.60. The average molecular weight is 297 g/mol. The number of benzene rings is 1. The zero-order valence-corrected chi connectivity index (χ0v) is 13.2. The number of aromatic nitrogens is 1. The summed E-state index contributed by atoms with van der Waals surface area (Å²) in [5, 5.41) is 12.8. The first-order chi connectivity index (χ1) is 10.3. The highest BCUT2D eigenvalue weighted by molar-refractivity contribution is 5.95. The number of fused-ring (bicyclic) bond motifs is 1. The molecule has 22 heavy (non-hydrogen) atoms. The molecule has 0 bridgehead atoms. The van der Waals surface area contributed by atoms with E-state index in [2.05, 4.69) is 16.4 Å². The van der Waals surface area contributed by atoms with Crippen molar-refractivity contribution in [2.24, 2.45) is 5.41 Å². The number of nitriles is 1. The third-order valence-electron chi connectivity index (χ3n) is 3.40. The summed E-state index contributed by atoms with van der Waals surface area (Å²) in [6.07, 6.45) is 0. The molecule has 0 fully saturated rings. The third-order valence-corrected chi connectivity index (χ3v) is 3.40. The highest BCUT2D eigenvalue weighted by Crippen LogP contribution is 2.21. The lowest BCUT2D eigenvalue weighted by Gasteiger charge is -2.25. The first-order valence-corrected chi connectivity index (χ1v) is 7.00. The van der Waals surface area contributed by atoms with Gasteiger partial charge in [0.15, 0.2) is 0 Å². The van der Waals surface area contributed by atoms with Crippen molar-refractivity contribution in [3.8, 4) is 11.8 Å². The molecule has 114 valence electrons. The summed E-state index contributed by atoms with van der Waals surface area (Å²) in [5.74, 6) is 0.392. The second kappa shape index (κ2) is 6.02. The zero-order chi connectivity index (χ0) is 16.3. The first-order valence-electron chi connectivity index (χ1n) is 7.00. The van der Waals surface area contributed by atoms with E-state index >= 15 is 0 Å². The summed E-state index contributed by atoms with van der Waals surface area (Å²) in [4.78, 5) is 16.6. The van der Waals surface area contributed by atoms with Gasteiger partial charge in [-0.1, -0.05) is 26.8 Å². The topological polar surface area (TPSA) is 75.0 Å². The fourth-order valence-corrected chi connectivity index (χ4v) is 2.00. The van der Waals surface area contributed by atoms with Crippen LogP contribution in [0.1, 0.15) is 31.3 Å². The summed E-state index contributed by atoms with van der Waals surface area (Å²) in [6, 6.07) is 10.5. The lowest BCUT2D eigenvalue weighted by molar-refractivity contribution is 0.0917. The highest BCUT2D eigenvalue weighted by Gasteiger charge is 2.26. The van der Waals surface area contributed by atoms with Crippen LogP contribution < -0.4 is 10.1 Å². The van der Waals surface area contributed by atoms with Crippen LogP contribution in [0.4, 0.5) is 0 Å². The van der Waals surface area contributed by atoms with E-state index in [-0.39, 0.29) is 11.3 Å². The number of pyridine rings is 1. The molecule has 0 saturated heterocycles. The molecule has 1 aromatic heterocycles. The van der Waals surface area contributed by atoms with Crippen LogP contribution in [0.15, 0.2) is 30.3 Å². The van der Waals surface area contributed by atoms with E-state index in [0.717, 1.165) is 11.1 Å². The van der Waals surface area contributed by atoms with Crippen LogP contribution in [0.2, 0.25) is 0 Å². The number of nitrogens with zero attached hydrogens (tertiary/aromatic N) is 2. The van der Waals surface area contributed by atoms with Crippen LogP contribution in [-0.4, -0.2) is 24.0 Å². The lowest BCUT2D eigenvalue weighted by Crippen LogP contribution is -2.42. The summed E-state index contributed by atoms with van der Waals surface area (Å²) in [5.41, 5.74) is 0.661. The van der Waals surface area contributed by atoms with Gasteiger partial charge in [0.1, 0.15) is 17.5 Å². The van der Waals surface area contributed by atoms with Gasteiger partial charge in [-0.15, -0.1) is 0 Å². The van der Waals surface area contributed by atoms with Crippen molar-refractivity contribution in [2.45, 2.75) is 26.8 Å². The van der Waals surface area contributed by atoms with Gasteiger partial charge in [-0.2, -0.15) is 5.26 Å². The molecule has 1 N–H and O–H groups in total. The highest BCUT2D eigenvalue weighted by atomic mass is 16.5. The molecule has 5 heteroatoms. The minimum Gasteiger partial charge on any atom is -0.497 e. The van der Waals surface area contributed by atoms with Gasteiger partial charge >= 0.3 is 0 Å². The summed E-state index contributed by atoms with van der Waals surface area (Å²) < 4.78 is 5.16. The van der Waals surface area contributed by atoms with E-state index in [4.69, 9.17) is 4.74 Å². The number of ether oxygens (including phenoxy) is 1. The molecule has 0 aliphatic heterocycles. The van der Waals surface area contributed by atoms with Crippen molar-refractivity contribution < 1.29 is 9.53 Å². The maximum absolute atomic E-state index is 12.3. The number of nitrogens with one attached hydrogen (secondary N) is 1. The molecule has 2 rings (SSSR count). The average Bonchev–Trinajstić information content (AvgIpc) is 2.50. The van der Waals surface area contributed by atoms with Crippen molar-refractivity contribution in [2.75, 3.05) is 7.11 Å². The van der Waals surface area contributed by atoms with Gasteiger partial charge in [0, 0.05) is 5.39 Å². The van der Waals surface area contributed by atoms with Gasteiger partial charge in [0.05, 0.1) is 18.7 Å². The van der Waals surface area contributed by atoms with Gasteiger partial charge in [-0.25, -0.2) is 4.98 Å². The number of carbonyl (C=O) groups is 1. The second-order valence-corrected chi connectivity index (χ2v) is 6.16. The van der Waals surface area contributed by atoms with Crippen LogP contribution in [-0.2, 0) is 0 Å². The lowest BCUT2D eigenvalue weighted by atomic mass is 9.87. The van der Waals surface area contributed by atoms with Gasteiger partial charge < -0.3 is 10.1 Å². The Balaban J connectivity index is 2.27. The van der Waals surface area contributed by atoms with Crippen LogP contribution in [0.3, 0.4) is 0 Å². The molecule has 0 aliphatic rings. The molecular formula is C17H19N3O2. The fourth-order valence-electron chi connectivity index (χ4n) is 2.00. The maximum Gasteiger partial charge on any atom is 0.270 e. The second-order valence-electron chi connectivity index (χ2n) is 6.16. The Morgan fingerprint density at radius 3 is 2.64 bits per heavy atom. The standard InChI is InChI=1S/C17H19N3O2/c1-17(2,3)15(10-18)20-16(21)14-7-5-11-9-12(22-4)6-8-13(11)19-14/h5-9,15H,1-4H3,(H,20,21)/t15-/m0/s1. The normalized spacial score (nSPS) is 12.5. The number of rotatable bonds is 3. The predicted molar refractivity (Wildman–Crippen MR) is 84.6 cm³/mol. The van der Waals surface area contributed by atoms with Crippen LogP contribution in [0.5, 0.6) is 5.75 Å². The fraction of sp³-hybridized carbons (Fsp3) is 0.353. The van der Waals surface area contributed by atoms with Crippen LogP contribution >= 0.6 is 0 Å². The Morgan fingerprint density at radius 2 is 2.05 bits per heavy atom. The smallest absolute Gasteiger partial charge is 0.270 e. The van der Waals surface area contributed by atoms with Gasteiger partial charge in [0.25, 0.3) is 5.91 Å². The Morgan fingerprint density at radius 1 is 1.32 bits per heavy atom. The van der Waals surface area contributed by atoms with Crippen LogP contribution in [0, 0.1) is 16.7 Å². The molecule has 1 heterocycles. The van der Waals surface area contributed by atoms with Crippen molar-refractivity contribution in [1.82, 2.24) is 10.3 Å². The molecule has 0 unspecified atom stereocenters. The molecule has 1 amide bonds. The van der Waals surface area contributed by atoms with E-state index in [1.54, 1.807) is 25.3 Å². The van der Waals surface area contributed by atoms with E-state index in [1.807, 2.05) is 32.9 Å². The van der Waals surface area contributed by atoms with E-state index in [9.17, 15) is 10.1 Å². The van der Waals surface area contributed by atoms with Gasteiger partial charge in [-0.3, -0.25) is 4.79 Å². The molecule has 0 saturated carbocycles. The molecule has 0 radical (unpaired) electrons. The van der Waals surface area contributed by atoms with E-state index in [0.29, 0.717) is 11.2 Å². The van der Waals surface area contributed by atoms with E-state index in [1.165, 1.54) is 0 Å². The Kier molecular flexibility index (Phi) is 4.32. The summed E-state index contributed by atoms with van der Waals surface area (Å²) >= 11 is 0. The maximum atomic E-state index is 12.3. The van der Waals surface area contributed by atoms with Crippen molar-refractivity contribution in [1.29, 1.82) is 5.26 Å². The molecular weight excluding hydrogens is 278 g/mol. The third kappa shape index (κ3) is 3.34. The van der Waals surface area contributed by atoms with Gasteiger partial charge in [-0.05, 0) is 29.7 Å². The number of carbonyl (C=O) groups excluding carboxylic acids is 1. The van der Waals surface area contributed by atoms with Crippen molar-refractivity contribution in [3.63, 3.8) is 0 Å². The number of amides is 1. The molecule has 5 nitrogen and oxygen atoms in total. The first kappa shape index (κ1) is 15.8. The minimum atomic E-state index is -0.576. The monoisotopic (exact) mass is 297 g/mol. The Bertz CT molecular complexity index is 742. The molecule has 0 spiro atoms. The Labute approximate surface area is 129 Å². The summed E-state index contributed by atoms with van der Waals surface area (Å²) in [6.45, 7) is 5.71. The number of hydrogen-bond donors (Lipinski definition) is 1. The van der Waals surface area contributed by atoms with Gasteiger partial charge in [0.2, 0.25) is 0 Å². The molecule has 1 aromatic carbocycles. The predicted octanol–water partition coefficient (Wildman–Crippen LogP) is 2.91. The number of hydrogen-bond acceptors (Lipinski definition) is 4. The zero-order valence-electron chi connectivity index (χ0n) is 13.2. The quantitative estimate of drug-likeness (QED) is 0.945. The SMILES string of the molecule is COc1ccc2nc(C(=O)N[C@@H](C#N)C(C)(C)C)ccc2c1. The largest absolute Gasteiger partial charge is 0.497 e. The van der Waals surface area contributed by atoms with Crippen molar-refractivity contribution in [3.05, 3.63) is 36.0 Å². The number of methoxy groups -OCH3 is 1. The minimum absolute atomic E-state index is 0.294. The Hall–Kier alpha value is -2.61.